The number of hydrogen-bond acceptors (Lipinski definition) is 5. The largest absolute Gasteiger partial charge is 0.467 e. The minimum atomic E-state index is -0.348. The molecule has 0 saturated carbocycles. The number of carbonyl (C=O) groups is 2. The van der Waals surface area contributed by atoms with Crippen LogP contribution in [0.15, 0.2) is 41.0 Å². The summed E-state index contributed by atoms with van der Waals surface area (Å²) in [5.41, 5.74) is 1.83. The summed E-state index contributed by atoms with van der Waals surface area (Å²) in [5.74, 6) is 0.286. The number of aliphatic hydroxyl groups is 1. The van der Waals surface area contributed by atoms with Gasteiger partial charge in [0.25, 0.3) is 0 Å². The first-order valence-electron chi connectivity index (χ1n) is 8.13. The van der Waals surface area contributed by atoms with Crippen LogP contribution in [0.25, 0.3) is 0 Å². The van der Waals surface area contributed by atoms with Gasteiger partial charge in [0.05, 0.1) is 31.0 Å². The number of ether oxygens (including phenoxy) is 1. The summed E-state index contributed by atoms with van der Waals surface area (Å²) in [6.07, 6.45) is 2.15. The van der Waals surface area contributed by atoms with Crippen molar-refractivity contribution in [2.45, 2.75) is 32.5 Å². The van der Waals surface area contributed by atoms with Gasteiger partial charge in [-0.3, -0.25) is 0 Å². The van der Waals surface area contributed by atoms with Crippen molar-refractivity contribution in [3.8, 4) is 0 Å². The molecule has 2 amide bonds. The molecule has 2 N–H and O–H groups in total. The van der Waals surface area contributed by atoms with Crippen molar-refractivity contribution < 1.29 is 23.8 Å². The van der Waals surface area contributed by atoms with Crippen LogP contribution in [0.3, 0.4) is 0 Å². The minimum absolute atomic E-state index is 0.142. The fraction of sp³-hybridized carbons (Fsp3) is 0.333. The first kappa shape index (κ1) is 17.0. The van der Waals surface area contributed by atoms with Crippen LogP contribution < -0.4 is 5.32 Å². The number of esters is 1. The lowest BCUT2D eigenvalue weighted by Crippen LogP contribution is -2.44. The van der Waals surface area contributed by atoms with Gasteiger partial charge in [-0.15, -0.1) is 0 Å². The zero-order valence-electron chi connectivity index (χ0n) is 13.9. The SMILES string of the molecule is CC[C@@H](CO)N(Cc1ccco1)C(=O)Nc1ccc2c(c1)COC2=O. The topological polar surface area (TPSA) is 92.0 Å². The van der Waals surface area contributed by atoms with Crippen LogP contribution in [-0.2, 0) is 17.9 Å². The Labute approximate surface area is 145 Å². The van der Waals surface area contributed by atoms with Crippen LogP contribution in [0.1, 0.15) is 35.0 Å². The molecule has 7 heteroatoms. The summed E-state index contributed by atoms with van der Waals surface area (Å²) in [4.78, 5) is 25.8. The number of cyclic esters (lactones) is 1. The van der Waals surface area contributed by atoms with Crippen LogP contribution in [0, 0.1) is 0 Å². The van der Waals surface area contributed by atoms with Gasteiger partial charge in [0.1, 0.15) is 12.4 Å². The highest BCUT2D eigenvalue weighted by atomic mass is 16.5. The molecule has 25 heavy (non-hydrogen) atoms. The molecule has 0 unspecified atom stereocenters. The van der Waals surface area contributed by atoms with E-state index in [1.807, 2.05) is 6.92 Å². The Hall–Kier alpha value is -2.80. The summed E-state index contributed by atoms with van der Waals surface area (Å²) in [7, 11) is 0. The number of carbonyl (C=O) groups excluding carboxylic acids is 2. The third-order valence-electron chi connectivity index (χ3n) is 4.23. The summed E-state index contributed by atoms with van der Waals surface area (Å²) >= 11 is 0. The summed E-state index contributed by atoms with van der Waals surface area (Å²) in [6.45, 7) is 2.23. The number of amides is 2. The van der Waals surface area contributed by atoms with Crippen molar-refractivity contribution in [1.82, 2.24) is 4.90 Å². The Balaban J connectivity index is 1.76. The molecule has 1 aromatic carbocycles. The molecule has 2 aromatic rings. The number of nitrogens with one attached hydrogen (secondary N) is 1. The zero-order valence-corrected chi connectivity index (χ0v) is 13.9. The van der Waals surface area contributed by atoms with E-state index in [1.165, 1.54) is 4.90 Å². The standard InChI is InChI=1S/C18H20N2O5/c1-2-14(10-21)20(9-15-4-3-7-24-15)18(23)19-13-5-6-16-12(8-13)11-25-17(16)22/h3-8,14,21H,2,9-11H2,1H3,(H,19,23)/t14-/m0/s1. The van der Waals surface area contributed by atoms with Crippen molar-refractivity contribution in [3.05, 3.63) is 53.5 Å². The first-order chi connectivity index (χ1) is 12.1. The third-order valence-corrected chi connectivity index (χ3v) is 4.23. The normalized spacial score (nSPS) is 13.9. The summed E-state index contributed by atoms with van der Waals surface area (Å²) < 4.78 is 10.3. The van der Waals surface area contributed by atoms with Crippen molar-refractivity contribution >= 4 is 17.7 Å². The first-order valence-corrected chi connectivity index (χ1v) is 8.13. The maximum Gasteiger partial charge on any atom is 0.338 e. The Morgan fingerprint density at radius 2 is 2.24 bits per heavy atom. The summed E-state index contributed by atoms with van der Waals surface area (Å²) in [6, 6.07) is 7.88. The molecular weight excluding hydrogens is 324 g/mol. The molecule has 0 spiro atoms. The van der Waals surface area contributed by atoms with E-state index in [2.05, 4.69) is 5.32 Å². The molecule has 7 nitrogen and oxygen atoms in total. The number of benzene rings is 1. The Bertz CT molecular complexity index is 753. The zero-order chi connectivity index (χ0) is 17.8. The number of hydrogen-bond donors (Lipinski definition) is 2. The molecule has 2 heterocycles. The van der Waals surface area contributed by atoms with E-state index >= 15 is 0 Å². The van der Waals surface area contributed by atoms with Crippen LogP contribution in [-0.4, -0.2) is 34.7 Å². The molecule has 0 aliphatic carbocycles. The van der Waals surface area contributed by atoms with E-state index < -0.39 is 0 Å². The molecule has 0 saturated heterocycles. The summed E-state index contributed by atoms with van der Waals surface area (Å²) in [5, 5.41) is 12.4. The number of urea groups is 1. The predicted molar refractivity (Wildman–Crippen MR) is 90.0 cm³/mol. The van der Waals surface area contributed by atoms with Gasteiger partial charge in [0, 0.05) is 11.3 Å². The lowest BCUT2D eigenvalue weighted by Gasteiger charge is -2.29. The smallest absolute Gasteiger partial charge is 0.338 e. The Morgan fingerprint density at radius 1 is 1.40 bits per heavy atom. The lowest BCUT2D eigenvalue weighted by atomic mass is 10.1. The molecule has 3 rings (SSSR count). The quantitative estimate of drug-likeness (QED) is 0.786. The minimum Gasteiger partial charge on any atom is -0.467 e. The number of furan rings is 1. The number of anilines is 1. The number of rotatable bonds is 6. The van der Waals surface area contributed by atoms with Gasteiger partial charge < -0.3 is 24.5 Å². The fourth-order valence-electron chi connectivity index (χ4n) is 2.79. The van der Waals surface area contributed by atoms with E-state index in [1.54, 1.807) is 36.6 Å². The van der Waals surface area contributed by atoms with Crippen molar-refractivity contribution in [2.24, 2.45) is 0 Å². The Kier molecular flexibility index (Phi) is 5.04. The third kappa shape index (κ3) is 3.66. The average molecular weight is 344 g/mol. The second-order valence-electron chi connectivity index (χ2n) is 5.83. The van der Waals surface area contributed by atoms with Gasteiger partial charge in [-0.2, -0.15) is 0 Å². The highest BCUT2D eigenvalue weighted by Crippen LogP contribution is 2.24. The Morgan fingerprint density at radius 3 is 2.92 bits per heavy atom. The van der Waals surface area contributed by atoms with E-state index in [4.69, 9.17) is 9.15 Å². The van der Waals surface area contributed by atoms with Gasteiger partial charge in [-0.1, -0.05) is 6.92 Å². The van der Waals surface area contributed by atoms with E-state index in [0.29, 0.717) is 23.4 Å². The number of nitrogens with zero attached hydrogens (tertiary/aromatic N) is 1. The number of aliphatic hydroxyl groups excluding tert-OH is 1. The molecule has 1 aliphatic heterocycles. The van der Waals surface area contributed by atoms with Crippen LogP contribution in [0.4, 0.5) is 10.5 Å². The highest BCUT2D eigenvalue weighted by Gasteiger charge is 2.25. The monoisotopic (exact) mass is 344 g/mol. The lowest BCUT2D eigenvalue weighted by molar-refractivity contribution is 0.0535. The van der Waals surface area contributed by atoms with Gasteiger partial charge in [0.2, 0.25) is 0 Å². The van der Waals surface area contributed by atoms with Crippen LogP contribution in [0.5, 0.6) is 0 Å². The average Bonchev–Trinajstić information content (AvgIpc) is 3.25. The van der Waals surface area contributed by atoms with E-state index in [-0.39, 0.29) is 37.8 Å². The maximum atomic E-state index is 12.7. The van der Waals surface area contributed by atoms with Crippen molar-refractivity contribution in [3.63, 3.8) is 0 Å². The van der Waals surface area contributed by atoms with E-state index in [0.717, 1.165) is 5.56 Å². The molecule has 0 bridgehead atoms. The molecule has 1 aliphatic rings. The van der Waals surface area contributed by atoms with Crippen molar-refractivity contribution in [1.29, 1.82) is 0 Å². The predicted octanol–water partition coefficient (Wildman–Crippen LogP) is 2.76. The maximum absolute atomic E-state index is 12.7. The second-order valence-corrected chi connectivity index (χ2v) is 5.83. The van der Waals surface area contributed by atoms with Gasteiger partial charge in [-0.05, 0) is 36.8 Å². The highest BCUT2D eigenvalue weighted by molar-refractivity contribution is 5.95. The number of fused-ring (bicyclic) bond motifs is 1. The molecular formula is C18H20N2O5. The van der Waals surface area contributed by atoms with E-state index in [9.17, 15) is 14.7 Å². The molecule has 1 aromatic heterocycles. The second kappa shape index (κ2) is 7.40. The molecule has 1 atom stereocenters. The van der Waals surface area contributed by atoms with Crippen molar-refractivity contribution in [2.75, 3.05) is 11.9 Å². The fourth-order valence-corrected chi connectivity index (χ4v) is 2.79. The van der Waals surface area contributed by atoms with Crippen LogP contribution >= 0.6 is 0 Å². The molecule has 132 valence electrons. The van der Waals surface area contributed by atoms with Gasteiger partial charge >= 0.3 is 12.0 Å². The van der Waals surface area contributed by atoms with Gasteiger partial charge in [-0.25, -0.2) is 9.59 Å². The van der Waals surface area contributed by atoms with Crippen LogP contribution in [0.2, 0.25) is 0 Å². The molecule has 0 fully saturated rings. The van der Waals surface area contributed by atoms with Gasteiger partial charge in [0.15, 0.2) is 0 Å². The molecule has 0 radical (unpaired) electrons.